The molecule has 1 heterocycles. The molecule has 14 heavy (non-hydrogen) atoms. The molecule has 1 aromatic heterocycles. The SMILES string of the molecule is COc1ccnc(N(C)CC(C)N)n1. The van der Waals surface area contributed by atoms with E-state index in [4.69, 9.17) is 10.5 Å². The first-order valence-electron chi connectivity index (χ1n) is 4.47. The van der Waals surface area contributed by atoms with Gasteiger partial charge in [-0.05, 0) is 6.92 Å². The normalized spacial score (nSPS) is 12.3. The van der Waals surface area contributed by atoms with E-state index in [9.17, 15) is 0 Å². The standard InChI is InChI=1S/C9H16N4O/c1-7(10)6-13(2)9-11-5-4-8(12-9)14-3/h4-5,7H,6,10H2,1-3H3. The van der Waals surface area contributed by atoms with Crippen molar-refractivity contribution in [3.8, 4) is 5.88 Å². The lowest BCUT2D eigenvalue weighted by Crippen LogP contribution is -2.33. The molecule has 0 saturated carbocycles. The van der Waals surface area contributed by atoms with Crippen LogP contribution in [0.2, 0.25) is 0 Å². The average molecular weight is 196 g/mol. The first kappa shape index (κ1) is 10.7. The van der Waals surface area contributed by atoms with Gasteiger partial charge in [-0.25, -0.2) is 4.98 Å². The lowest BCUT2D eigenvalue weighted by molar-refractivity contribution is 0.396. The Labute approximate surface area is 83.9 Å². The molecule has 1 atom stereocenters. The largest absolute Gasteiger partial charge is 0.481 e. The zero-order valence-corrected chi connectivity index (χ0v) is 8.77. The molecule has 0 spiro atoms. The summed E-state index contributed by atoms with van der Waals surface area (Å²) < 4.78 is 5.00. The van der Waals surface area contributed by atoms with Gasteiger partial charge < -0.3 is 15.4 Å². The summed E-state index contributed by atoms with van der Waals surface area (Å²) in [5.74, 6) is 1.19. The Balaban J connectivity index is 2.73. The first-order valence-corrected chi connectivity index (χ1v) is 4.47. The van der Waals surface area contributed by atoms with Gasteiger partial charge in [0.1, 0.15) is 0 Å². The second kappa shape index (κ2) is 4.76. The molecule has 5 nitrogen and oxygen atoms in total. The van der Waals surface area contributed by atoms with Gasteiger partial charge in [0, 0.05) is 31.9 Å². The summed E-state index contributed by atoms with van der Waals surface area (Å²) >= 11 is 0. The van der Waals surface area contributed by atoms with Gasteiger partial charge in [0.2, 0.25) is 11.8 Å². The number of anilines is 1. The second-order valence-corrected chi connectivity index (χ2v) is 3.26. The highest BCUT2D eigenvalue weighted by Crippen LogP contribution is 2.10. The fraction of sp³-hybridized carbons (Fsp3) is 0.556. The zero-order chi connectivity index (χ0) is 10.6. The van der Waals surface area contributed by atoms with E-state index in [0.29, 0.717) is 18.4 Å². The highest BCUT2D eigenvalue weighted by atomic mass is 16.5. The summed E-state index contributed by atoms with van der Waals surface area (Å²) in [7, 11) is 3.48. The van der Waals surface area contributed by atoms with Gasteiger partial charge in [-0.1, -0.05) is 0 Å². The molecule has 2 N–H and O–H groups in total. The quantitative estimate of drug-likeness (QED) is 0.748. The fourth-order valence-electron chi connectivity index (χ4n) is 1.14. The van der Waals surface area contributed by atoms with E-state index in [1.165, 1.54) is 0 Å². The highest BCUT2D eigenvalue weighted by molar-refractivity contribution is 5.30. The Morgan fingerprint density at radius 1 is 1.64 bits per heavy atom. The molecule has 0 fully saturated rings. The minimum atomic E-state index is 0.0924. The van der Waals surface area contributed by atoms with Crippen LogP contribution in [0.3, 0.4) is 0 Å². The molecular formula is C9H16N4O. The van der Waals surface area contributed by atoms with Crippen LogP contribution in [0.15, 0.2) is 12.3 Å². The number of nitrogens with two attached hydrogens (primary N) is 1. The number of hydrogen-bond acceptors (Lipinski definition) is 5. The van der Waals surface area contributed by atoms with Crippen molar-refractivity contribution < 1.29 is 4.74 Å². The molecule has 0 aliphatic rings. The number of hydrogen-bond donors (Lipinski definition) is 1. The number of methoxy groups -OCH3 is 1. The lowest BCUT2D eigenvalue weighted by Gasteiger charge is -2.18. The van der Waals surface area contributed by atoms with E-state index in [0.717, 1.165) is 0 Å². The molecule has 0 amide bonds. The van der Waals surface area contributed by atoms with Gasteiger partial charge in [-0.2, -0.15) is 4.98 Å². The van der Waals surface area contributed by atoms with Crippen LogP contribution in [-0.2, 0) is 0 Å². The van der Waals surface area contributed by atoms with E-state index >= 15 is 0 Å². The molecule has 1 rings (SSSR count). The third kappa shape index (κ3) is 2.85. The number of rotatable bonds is 4. The second-order valence-electron chi connectivity index (χ2n) is 3.26. The molecular weight excluding hydrogens is 180 g/mol. The molecule has 0 aliphatic carbocycles. The highest BCUT2D eigenvalue weighted by Gasteiger charge is 2.06. The number of likely N-dealkylation sites (N-methyl/N-ethyl adjacent to an activating group) is 1. The van der Waals surface area contributed by atoms with E-state index < -0.39 is 0 Å². The minimum absolute atomic E-state index is 0.0924. The van der Waals surface area contributed by atoms with Crippen LogP contribution in [-0.4, -0.2) is 36.7 Å². The average Bonchev–Trinajstić information content (AvgIpc) is 2.17. The molecule has 1 aromatic rings. The molecule has 5 heteroatoms. The predicted octanol–water partition coefficient (Wildman–Crippen LogP) is 0.269. The summed E-state index contributed by atoms with van der Waals surface area (Å²) in [6.45, 7) is 2.66. The van der Waals surface area contributed by atoms with Crippen LogP contribution in [0, 0.1) is 0 Å². The van der Waals surface area contributed by atoms with Gasteiger partial charge in [0.25, 0.3) is 0 Å². The molecule has 0 saturated heterocycles. The van der Waals surface area contributed by atoms with Crippen molar-refractivity contribution in [1.82, 2.24) is 9.97 Å². The van der Waals surface area contributed by atoms with Gasteiger partial charge >= 0.3 is 0 Å². The Bertz CT molecular complexity index is 290. The van der Waals surface area contributed by atoms with Gasteiger partial charge in [-0.15, -0.1) is 0 Å². The van der Waals surface area contributed by atoms with Gasteiger partial charge in [-0.3, -0.25) is 0 Å². The molecule has 78 valence electrons. The maximum absolute atomic E-state index is 5.67. The van der Waals surface area contributed by atoms with Crippen molar-refractivity contribution in [2.24, 2.45) is 5.73 Å². The first-order chi connectivity index (χ1) is 6.63. The summed E-state index contributed by atoms with van der Waals surface area (Å²) in [4.78, 5) is 10.2. The fourth-order valence-corrected chi connectivity index (χ4v) is 1.14. The maximum Gasteiger partial charge on any atom is 0.228 e. The molecule has 0 aliphatic heterocycles. The molecule has 0 aromatic carbocycles. The summed E-state index contributed by atoms with van der Waals surface area (Å²) in [5.41, 5.74) is 5.67. The van der Waals surface area contributed by atoms with Crippen molar-refractivity contribution in [3.63, 3.8) is 0 Å². The lowest BCUT2D eigenvalue weighted by atomic mass is 10.3. The van der Waals surface area contributed by atoms with Crippen LogP contribution in [0.4, 0.5) is 5.95 Å². The van der Waals surface area contributed by atoms with E-state index in [2.05, 4.69) is 9.97 Å². The molecule has 1 unspecified atom stereocenters. The third-order valence-corrected chi connectivity index (χ3v) is 1.73. The summed E-state index contributed by atoms with van der Waals surface area (Å²) in [6, 6.07) is 1.80. The zero-order valence-electron chi connectivity index (χ0n) is 8.77. The Morgan fingerprint density at radius 2 is 2.36 bits per heavy atom. The number of nitrogens with zero attached hydrogens (tertiary/aromatic N) is 3. The Morgan fingerprint density at radius 3 is 2.93 bits per heavy atom. The van der Waals surface area contributed by atoms with Crippen LogP contribution < -0.4 is 15.4 Å². The number of aromatic nitrogens is 2. The predicted molar refractivity (Wildman–Crippen MR) is 55.5 cm³/mol. The minimum Gasteiger partial charge on any atom is -0.481 e. The van der Waals surface area contributed by atoms with Crippen LogP contribution in [0.25, 0.3) is 0 Å². The van der Waals surface area contributed by atoms with E-state index in [1.807, 2.05) is 18.9 Å². The number of ether oxygens (including phenoxy) is 1. The van der Waals surface area contributed by atoms with Crippen molar-refractivity contribution in [1.29, 1.82) is 0 Å². The topological polar surface area (TPSA) is 64.3 Å². The monoisotopic (exact) mass is 196 g/mol. The molecule has 0 radical (unpaired) electrons. The van der Waals surface area contributed by atoms with Crippen LogP contribution in [0.1, 0.15) is 6.92 Å². The van der Waals surface area contributed by atoms with E-state index in [-0.39, 0.29) is 6.04 Å². The van der Waals surface area contributed by atoms with Crippen molar-refractivity contribution >= 4 is 5.95 Å². The summed E-state index contributed by atoms with van der Waals surface area (Å²) in [6.07, 6.45) is 1.67. The molecule has 0 bridgehead atoms. The smallest absolute Gasteiger partial charge is 0.228 e. The van der Waals surface area contributed by atoms with Gasteiger partial charge in [0.05, 0.1) is 7.11 Å². The van der Waals surface area contributed by atoms with Crippen LogP contribution >= 0.6 is 0 Å². The third-order valence-electron chi connectivity index (χ3n) is 1.73. The maximum atomic E-state index is 5.67. The summed E-state index contributed by atoms with van der Waals surface area (Å²) in [5, 5.41) is 0. The van der Waals surface area contributed by atoms with Crippen molar-refractivity contribution in [3.05, 3.63) is 12.3 Å². The van der Waals surface area contributed by atoms with Gasteiger partial charge in [0.15, 0.2) is 0 Å². The van der Waals surface area contributed by atoms with Crippen molar-refractivity contribution in [2.75, 3.05) is 25.6 Å². The Hall–Kier alpha value is -1.36. The van der Waals surface area contributed by atoms with E-state index in [1.54, 1.807) is 19.4 Å². The Kier molecular flexibility index (Phi) is 3.64. The van der Waals surface area contributed by atoms with Crippen LogP contribution in [0.5, 0.6) is 5.88 Å². The van der Waals surface area contributed by atoms with Crippen molar-refractivity contribution in [2.45, 2.75) is 13.0 Å².